The molecular weight excluding hydrogens is 382 g/mol. The summed E-state index contributed by atoms with van der Waals surface area (Å²) in [5.41, 5.74) is 7.97. The minimum absolute atomic E-state index is 0.0796. The van der Waals surface area contributed by atoms with Crippen molar-refractivity contribution in [2.24, 2.45) is 0 Å². The number of hydrogen-bond donors (Lipinski definition) is 3. The number of aromatic nitrogens is 2. The summed E-state index contributed by atoms with van der Waals surface area (Å²) in [5, 5.41) is 5.79. The van der Waals surface area contributed by atoms with Gasteiger partial charge < -0.3 is 15.3 Å². The fraction of sp³-hybridized carbons (Fsp3) is 0.148. The number of aryl methyl sites for hydroxylation is 3. The van der Waals surface area contributed by atoms with Crippen molar-refractivity contribution in [3.63, 3.8) is 0 Å². The molecule has 0 aliphatic carbocycles. The quantitative estimate of drug-likeness (QED) is 0.331. The van der Waals surface area contributed by atoms with E-state index in [1.807, 2.05) is 37.5 Å². The average Bonchev–Trinajstić information content (AvgIpc) is 3.43. The standard InChI is InChI=1S/C27H23N3O/c1-15-4-7-23-18(10-15)21(13-28-23)27(22-14-29-24-8-5-16(2)11-19(22)24)26(31)20-12-17(3)6-9-25(20)30-27/h4-14,28-30H,1-3H3. The number of carbonyl (C=O) groups excluding carboxylic acids is 1. The zero-order valence-electron chi connectivity index (χ0n) is 17.8. The molecule has 0 saturated heterocycles. The molecule has 4 heteroatoms. The van der Waals surface area contributed by atoms with Crippen LogP contribution in [0.3, 0.4) is 0 Å². The number of rotatable bonds is 2. The number of benzene rings is 3. The summed E-state index contributed by atoms with van der Waals surface area (Å²) < 4.78 is 0. The minimum Gasteiger partial charge on any atom is -0.365 e. The van der Waals surface area contributed by atoms with Crippen LogP contribution in [-0.4, -0.2) is 15.8 Å². The fourth-order valence-electron chi connectivity index (χ4n) is 5.03. The number of fused-ring (bicyclic) bond motifs is 3. The number of Topliss-reactive ketones (excluding diaryl/α,β-unsaturated/α-hetero) is 1. The molecule has 0 spiro atoms. The van der Waals surface area contributed by atoms with Crippen LogP contribution in [0.4, 0.5) is 5.69 Å². The second-order valence-electron chi connectivity index (χ2n) is 8.76. The van der Waals surface area contributed by atoms with Crippen LogP contribution in [-0.2, 0) is 5.54 Å². The number of nitrogens with one attached hydrogen (secondary N) is 3. The maximum Gasteiger partial charge on any atom is 0.199 e. The second-order valence-corrected chi connectivity index (χ2v) is 8.76. The smallest absolute Gasteiger partial charge is 0.199 e. The lowest BCUT2D eigenvalue weighted by molar-refractivity contribution is 0.0942. The van der Waals surface area contributed by atoms with E-state index in [4.69, 9.17) is 0 Å². The highest BCUT2D eigenvalue weighted by Gasteiger charge is 2.50. The van der Waals surface area contributed by atoms with Crippen LogP contribution in [0, 0.1) is 20.8 Å². The topological polar surface area (TPSA) is 60.7 Å². The maximum absolute atomic E-state index is 14.2. The summed E-state index contributed by atoms with van der Waals surface area (Å²) in [4.78, 5) is 21.0. The summed E-state index contributed by atoms with van der Waals surface area (Å²) in [6.45, 7) is 6.19. The molecule has 3 aromatic carbocycles. The van der Waals surface area contributed by atoms with Gasteiger partial charge in [0.1, 0.15) is 0 Å². The molecule has 1 aliphatic rings. The number of carbonyl (C=O) groups is 1. The second kappa shape index (κ2) is 6.11. The first-order chi connectivity index (χ1) is 15.0. The van der Waals surface area contributed by atoms with E-state index in [2.05, 4.69) is 65.5 Å². The number of ketones is 1. The summed E-state index contributed by atoms with van der Waals surface area (Å²) in [6.07, 6.45) is 3.98. The zero-order valence-corrected chi connectivity index (χ0v) is 17.8. The molecule has 0 amide bonds. The van der Waals surface area contributed by atoms with Crippen LogP contribution in [0.5, 0.6) is 0 Å². The molecule has 3 heterocycles. The van der Waals surface area contributed by atoms with E-state index in [1.165, 1.54) is 0 Å². The van der Waals surface area contributed by atoms with Gasteiger partial charge in [-0.1, -0.05) is 34.9 Å². The summed E-state index contributed by atoms with van der Waals surface area (Å²) >= 11 is 0. The molecule has 31 heavy (non-hydrogen) atoms. The fourth-order valence-corrected chi connectivity index (χ4v) is 5.03. The van der Waals surface area contributed by atoms with Gasteiger partial charge in [0.2, 0.25) is 0 Å². The monoisotopic (exact) mass is 405 g/mol. The Morgan fingerprint density at radius 1 is 0.677 bits per heavy atom. The van der Waals surface area contributed by atoms with Crippen molar-refractivity contribution in [3.05, 3.63) is 100 Å². The van der Waals surface area contributed by atoms with Crippen LogP contribution < -0.4 is 5.32 Å². The highest BCUT2D eigenvalue weighted by molar-refractivity contribution is 6.19. The van der Waals surface area contributed by atoms with Crippen LogP contribution in [0.2, 0.25) is 0 Å². The third-order valence-corrected chi connectivity index (χ3v) is 6.56. The Morgan fingerprint density at radius 2 is 1.19 bits per heavy atom. The molecular formula is C27H23N3O. The Bertz CT molecular complexity index is 1440. The van der Waals surface area contributed by atoms with Gasteiger partial charge in [0.15, 0.2) is 11.3 Å². The van der Waals surface area contributed by atoms with Gasteiger partial charge in [-0.3, -0.25) is 4.79 Å². The molecule has 0 bridgehead atoms. The van der Waals surface area contributed by atoms with Crippen LogP contribution in [0.1, 0.15) is 38.2 Å². The van der Waals surface area contributed by atoms with Gasteiger partial charge in [-0.25, -0.2) is 0 Å². The van der Waals surface area contributed by atoms with E-state index in [1.54, 1.807) is 0 Å². The van der Waals surface area contributed by atoms with Crippen LogP contribution >= 0.6 is 0 Å². The van der Waals surface area contributed by atoms with E-state index < -0.39 is 5.54 Å². The number of anilines is 1. The summed E-state index contributed by atoms with van der Waals surface area (Å²) in [5.74, 6) is 0.0796. The van der Waals surface area contributed by atoms with Crippen molar-refractivity contribution in [1.29, 1.82) is 0 Å². The van der Waals surface area contributed by atoms with Gasteiger partial charge in [0.25, 0.3) is 0 Å². The Labute approximate surface area is 180 Å². The van der Waals surface area contributed by atoms with Gasteiger partial charge in [-0.15, -0.1) is 0 Å². The first-order valence-electron chi connectivity index (χ1n) is 10.6. The average molecular weight is 406 g/mol. The molecule has 3 N–H and O–H groups in total. The molecule has 1 aliphatic heterocycles. The number of hydrogen-bond acceptors (Lipinski definition) is 2. The SMILES string of the molecule is Cc1ccc2c(c1)C(=O)C(c1c[nH]c3ccc(C)cc13)(c1c[nH]c3ccc(C)cc13)N2. The van der Waals surface area contributed by atoms with Crippen molar-refractivity contribution in [1.82, 2.24) is 9.97 Å². The first-order valence-corrected chi connectivity index (χ1v) is 10.6. The largest absolute Gasteiger partial charge is 0.365 e. The van der Waals surface area contributed by atoms with Gasteiger partial charge in [-0.2, -0.15) is 0 Å². The molecule has 0 saturated carbocycles. The third kappa shape index (κ3) is 2.39. The van der Waals surface area contributed by atoms with Crippen molar-refractivity contribution < 1.29 is 4.79 Å². The summed E-state index contributed by atoms with van der Waals surface area (Å²) in [6, 6.07) is 18.7. The predicted molar refractivity (Wildman–Crippen MR) is 126 cm³/mol. The van der Waals surface area contributed by atoms with Gasteiger partial charge in [-0.05, 0) is 57.2 Å². The van der Waals surface area contributed by atoms with E-state index in [0.29, 0.717) is 0 Å². The van der Waals surface area contributed by atoms with Gasteiger partial charge in [0, 0.05) is 56.6 Å². The zero-order chi connectivity index (χ0) is 21.3. The van der Waals surface area contributed by atoms with E-state index in [9.17, 15) is 4.79 Å². The number of H-pyrrole nitrogens is 2. The molecule has 0 atom stereocenters. The Hall–Kier alpha value is -3.79. The summed E-state index contributed by atoms with van der Waals surface area (Å²) in [7, 11) is 0. The van der Waals surface area contributed by atoms with E-state index in [0.717, 1.165) is 60.9 Å². The number of aromatic amines is 2. The van der Waals surface area contributed by atoms with E-state index >= 15 is 0 Å². The molecule has 4 nitrogen and oxygen atoms in total. The van der Waals surface area contributed by atoms with Gasteiger partial charge >= 0.3 is 0 Å². The molecule has 0 unspecified atom stereocenters. The van der Waals surface area contributed by atoms with Gasteiger partial charge in [0.05, 0.1) is 0 Å². The third-order valence-electron chi connectivity index (χ3n) is 6.56. The lowest BCUT2D eigenvalue weighted by atomic mass is 9.79. The lowest BCUT2D eigenvalue weighted by Crippen LogP contribution is -2.39. The van der Waals surface area contributed by atoms with E-state index in [-0.39, 0.29) is 5.78 Å². The molecule has 5 aromatic rings. The Morgan fingerprint density at radius 3 is 1.77 bits per heavy atom. The lowest BCUT2D eigenvalue weighted by Gasteiger charge is -2.29. The molecule has 0 radical (unpaired) electrons. The predicted octanol–water partition coefficient (Wildman–Crippen LogP) is 6.13. The van der Waals surface area contributed by atoms with Crippen LogP contribution in [0.15, 0.2) is 67.0 Å². The van der Waals surface area contributed by atoms with Crippen molar-refractivity contribution in [2.45, 2.75) is 26.3 Å². The molecule has 2 aromatic heterocycles. The van der Waals surface area contributed by atoms with Crippen molar-refractivity contribution in [2.75, 3.05) is 5.32 Å². The molecule has 6 rings (SSSR count). The molecule has 0 fully saturated rings. The van der Waals surface area contributed by atoms with Crippen molar-refractivity contribution >= 4 is 33.3 Å². The normalized spacial score (nSPS) is 14.9. The highest BCUT2D eigenvalue weighted by atomic mass is 16.1. The minimum atomic E-state index is -1.01. The van der Waals surface area contributed by atoms with Crippen molar-refractivity contribution in [3.8, 4) is 0 Å². The first kappa shape index (κ1) is 18.0. The Balaban J connectivity index is 1.72. The Kier molecular flexibility index (Phi) is 3.55. The highest BCUT2D eigenvalue weighted by Crippen LogP contribution is 2.48. The maximum atomic E-state index is 14.2. The van der Waals surface area contributed by atoms with Crippen LogP contribution in [0.25, 0.3) is 21.8 Å². The molecule has 152 valence electrons.